The quantitative estimate of drug-likeness (QED) is 0.0364. The number of carbonyl (C=O) groups excluding carboxylic acids is 2. The first-order valence-corrected chi connectivity index (χ1v) is 15.6. The number of carboxylic acids is 1. The van der Waals surface area contributed by atoms with Gasteiger partial charge in [-0.1, -0.05) is 76.7 Å². The van der Waals surface area contributed by atoms with Gasteiger partial charge < -0.3 is 25.8 Å². The molecule has 0 aliphatic carbocycles. The molecule has 0 spiro atoms. The number of amides is 2. The number of unbranched alkanes of at least 4 members (excludes halogenated alkanes) is 13. The van der Waals surface area contributed by atoms with Gasteiger partial charge in [-0.15, -0.1) is 5.10 Å². The Labute approximate surface area is 254 Å². The highest BCUT2D eigenvalue weighted by Gasteiger charge is 2.24. The van der Waals surface area contributed by atoms with Crippen molar-refractivity contribution in [2.24, 2.45) is 0 Å². The van der Waals surface area contributed by atoms with Crippen molar-refractivity contribution in [3.8, 4) is 0 Å². The Bertz CT molecular complexity index is 986. The van der Waals surface area contributed by atoms with E-state index in [0.717, 1.165) is 63.5 Å². The second kappa shape index (κ2) is 23.4. The lowest BCUT2D eigenvalue weighted by molar-refractivity contribution is -0.522. The largest absolute Gasteiger partial charge is 0.491 e. The molecule has 0 heterocycles. The SMILES string of the molecule is C=[NH+]N[C@@H](CCCCNC(=O)CCCCCCCCCCCCCCCNC(=O)c1ccc(B(O)O)c(F)c1F)C(=O)O. The van der Waals surface area contributed by atoms with E-state index in [4.69, 9.17) is 15.2 Å². The Balaban J connectivity index is 1.89. The van der Waals surface area contributed by atoms with Gasteiger partial charge in [0.15, 0.2) is 24.4 Å². The van der Waals surface area contributed by atoms with Crippen LogP contribution in [0, 0.1) is 11.6 Å². The second-order valence-electron chi connectivity index (χ2n) is 10.9. The van der Waals surface area contributed by atoms with Gasteiger partial charge in [-0.3, -0.25) is 9.59 Å². The van der Waals surface area contributed by atoms with E-state index in [0.29, 0.717) is 32.4 Å². The Morgan fingerprint density at radius 1 is 0.767 bits per heavy atom. The minimum absolute atomic E-state index is 0.0523. The van der Waals surface area contributed by atoms with Crippen molar-refractivity contribution >= 4 is 37.1 Å². The van der Waals surface area contributed by atoms with Crippen LogP contribution >= 0.6 is 0 Å². The molecule has 1 atom stereocenters. The number of hydrogen-bond donors (Lipinski definition) is 7. The van der Waals surface area contributed by atoms with Crippen LogP contribution in [0.1, 0.15) is 120 Å². The van der Waals surface area contributed by atoms with E-state index in [-0.39, 0.29) is 5.91 Å². The third-order valence-electron chi connectivity index (χ3n) is 7.32. The van der Waals surface area contributed by atoms with E-state index < -0.39 is 47.7 Å². The highest BCUT2D eigenvalue weighted by atomic mass is 19.2. The summed E-state index contributed by atoms with van der Waals surface area (Å²) in [5.74, 6) is -4.43. The fourth-order valence-electron chi connectivity index (χ4n) is 4.76. The predicted octanol–water partition coefficient (Wildman–Crippen LogP) is 1.86. The van der Waals surface area contributed by atoms with Gasteiger partial charge in [0.05, 0.1) is 5.56 Å². The van der Waals surface area contributed by atoms with E-state index >= 15 is 0 Å². The number of hydrazine groups is 1. The first kappa shape index (κ1) is 38.0. The van der Waals surface area contributed by atoms with Crippen molar-refractivity contribution in [1.29, 1.82) is 0 Å². The van der Waals surface area contributed by atoms with Crippen molar-refractivity contribution in [1.82, 2.24) is 16.1 Å². The van der Waals surface area contributed by atoms with Crippen LogP contribution in [0.25, 0.3) is 0 Å². The highest BCUT2D eigenvalue weighted by molar-refractivity contribution is 6.58. The molecule has 43 heavy (non-hydrogen) atoms. The third kappa shape index (κ3) is 17.0. The predicted molar refractivity (Wildman–Crippen MR) is 163 cm³/mol. The summed E-state index contributed by atoms with van der Waals surface area (Å²) in [4.78, 5) is 35.0. The number of aliphatic carboxylic acids is 1. The number of halogens is 2. The molecule has 1 rings (SSSR count). The van der Waals surface area contributed by atoms with Crippen LogP contribution in [0.4, 0.5) is 8.78 Å². The Morgan fingerprint density at radius 3 is 1.81 bits per heavy atom. The van der Waals surface area contributed by atoms with E-state index in [1.54, 1.807) is 0 Å². The standard InChI is InChI=1S/C30H49BF2N4O6/c1-34-37-25(30(40)41)17-14-16-21-35-26(38)18-13-11-9-7-5-3-2-4-6-8-10-12-15-22-36-29(39)23-19-20-24(31(42)43)28(33)27(23)32/h19-20,25,37,42-43H,1-18,21-22H2,(H,35,38)(H,36,39)(H,40,41)/p+1/t25-/m0/s1. The summed E-state index contributed by atoms with van der Waals surface area (Å²) in [7, 11) is -2.15. The molecule has 10 nitrogen and oxygen atoms in total. The lowest BCUT2D eigenvalue weighted by Gasteiger charge is -2.09. The third-order valence-corrected chi connectivity index (χ3v) is 7.32. The van der Waals surface area contributed by atoms with E-state index in [1.165, 1.54) is 38.5 Å². The zero-order chi connectivity index (χ0) is 31.9. The molecule has 0 unspecified atom stereocenters. The lowest BCUT2D eigenvalue weighted by atomic mass is 9.79. The molecule has 0 aliphatic heterocycles. The fourth-order valence-corrected chi connectivity index (χ4v) is 4.76. The van der Waals surface area contributed by atoms with Gasteiger partial charge in [-0.25, -0.2) is 13.6 Å². The minimum atomic E-state index is -2.15. The Hall–Kier alpha value is -3.06. The van der Waals surface area contributed by atoms with Gasteiger partial charge >= 0.3 is 13.1 Å². The maximum atomic E-state index is 14.0. The van der Waals surface area contributed by atoms with Gasteiger partial charge in [-0.05, 0) is 38.2 Å². The maximum absolute atomic E-state index is 14.0. The summed E-state index contributed by atoms with van der Waals surface area (Å²) in [5, 5.41) is 34.9. The van der Waals surface area contributed by atoms with Gasteiger partial charge in [0, 0.05) is 25.0 Å². The number of nitrogens with one attached hydrogen (secondary N) is 4. The number of hydrazone groups is 1. The first-order chi connectivity index (χ1) is 20.7. The van der Waals surface area contributed by atoms with Crippen LogP contribution in [0.3, 0.4) is 0 Å². The molecule has 7 N–H and O–H groups in total. The van der Waals surface area contributed by atoms with Crippen molar-refractivity contribution in [3.05, 3.63) is 29.3 Å². The average Bonchev–Trinajstić information content (AvgIpc) is 2.97. The molecule has 0 saturated heterocycles. The summed E-state index contributed by atoms with van der Waals surface area (Å²) in [6, 6.07) is 1.34. The molecule has 0 saturated carbocycles. The molecule has 0 aromatic heterocycles. The fraction of sp³-hybridized carbons (Fsp3) is 0.667. The van der Waals surface area contributed by atoms with E-state index in [1.807, 2.05) is 0 Å². The average molecular weight is 612 g/mol. The molecule has 0 bridgehead atoms. The zero-order valence-electron chi connectivity index (χ0n) is 25.3. The first-order valence-electron chi connectivity index (χ1n) is 15.6. The van der Waals surface area contributed by atoms with Crippen LogP contribution in [0.15, 0.2) is 12.1 Å². The smallest absolute Gasteiger partial charge is 0.480 e. The summed E-state index contributed by atoms with van der Waals surface area (Å²) in [5.41, 5.74) is 1.51. The zero-order valence-corrected chi connectivity index (χ0v) is 25.3. The number of carboxylic acid groups (broad SMARTS) is 1. The highest BCUT2D eigenvalue weighted by Crippen LogP contribution is 2.14. The van der Waals surface area contributed by atoms with Crippen molar-refractivity contribution < 1.29 is 43.4 Å². The number of hydrogen-bond acceptors (Lipinski definition) is 6. The molecule has 1 aromatic rings. The molecule has 0 radical (unpaired) electrons. The molecule has 2 amide bonds. The summed E-state index contributed by atoms with van der Waals surface area (Å²) in [6.07, 6.45) is 16.5. The molecular weight excluding hydrogens is 561 g/mol. The van der Waals surface area contributed by atoms with Crippen LogP contribution in [0.5, 0.6) is 0 Å². The number of benzene rings is 1. The maximum Gasteiger partial charge on any atom is 0.491 e. The number of carbonyl (C=O) groups is 3. The van der Waals surface area contributed by atoms with Crippen LogP contribution in [-0.4, -0.2) is 65.9 Å². The van der Waals surface area contributed by atoms with Crippen molar-refractivity contribution in [2.45, 2.75) is 115 Å². The monoisotopic (exact) mass is 611 g/mol. The van der Waals surface area contributed by atoms with Crippen LogP contribution < -0.4 is 26.6 Å². The minimum Gasteiger partial charge on any atom is -0.480 e. The normalized spacial score (nSPS) is 11.5. The molecule has 242 valence electrons. The van der Waals surface area contributed by atoms with Gasteiger partial charge in [-0.2, -0.15) is 5.43 Å². The molecular formula is C30H50BF2N4O6+. The van der Waals surface area contributed by atoms with Crippen molar-refractivity contribution in [3.63, 3.8) is 0 Å². The summed E-state index contributed by atoms with van der Waals surface area (Å²) < 4.78 is 27.8. The van der Waals surface area contributed by atoms with E-state index in [2.05, 4.69) is 27.9 Å². The molecule has 0 fully saturated rings. The second-order valence-corrected chi connectivity index (χ2v) is 10.9. The van der Waals surface area contributed by atoms with Crippen molar-refractivity contribution in [2.75, 3.05) is 13.1 Å². The van der Waals surface area contributed by atoms with Crippen LogP contribution in [0.2, 0.25) is 0 Å². The van der Waals surface area contributed by atoms with E-state index in [9.17, 15) is 23.2 Å². The topological polar surface area (TPSA) is 162 Å². The molecule has 1 aromatic carbocycles. The molecule has 13 heteroatoms. The Morgan fingerprint density at radius 2 is 1.28 bits per heavy atom. The van der Waals surface area contributed by atoms with Gasteiger partial charge in [0.25, 0.3) is 5.91 Å². The van der Waals surface area contributed by atoms with Crippen LogP contribution in [-0.2, 0) is 9.59 Å². The summed E-state index contributed by atoms with van der Waals surface area (Å²) in [6.45, 7) is 4.28. The number of rotatable bonds is 26. The van der Waals surface area contributed by atoms with Gasteiger partial charge in [0.2, 0.25) is 5.91 Å². The lowest BCUT2D eigenvalue weighted by Crippen LogP contribution is -2.81. The van der Waals surface area contributed by atoms with Gasteiger partial charge in [0.1, 0.15) is 0 Å². The Kier molecular flexibility index (Phi) is 20.7. The summed E-state index contributed by atoms with van der Waals surface area (Å²) >= 11 is 0. The molecule has 0 aliphatic rings.